The lowest BCUT2D eigenvalue weighted by Crippen LogP contribution is -2.42. The number of carbonyl (C=O) groups excluding carboxylic acids is 1. The Morgan fingerprint density at radius 2 is 1.74 bits per heavy atom. The fourth-order valence-corrected chi connectivity index (χ4v) is 3.69. The van der Waals surface area contributed by atoms with Crippen LogP contribution in [0.25, 0.3) is 0 Å². The second-order valence-corrected chi connectivity index (χ2v) is 7.52. The van der Waals surface area contributed by atoms with Gasteiger partial charge in [-0.3, -0.25) is 4.79 Å². The van der Waals surface area contributed by atoms with Crippen LogP contribution in [-0.4, -0.2) is 23.8 Å². The van der Waals surface area contributed by atoms with E-state index in [1.54, 1.807) is 12.1 Å². The molecule has 5 nitrogen and oxygen atoms in total. The van der Waals surface area contributed by atoms with E-state index in [0.29, 0.717) is 24.5 Å². The van der Waals surface area contributed by atoms with Crippen LogP contribution in [0.3, 0.4) is 0 Å². The minimum absolute atomic E-state index is 0.200. The highest BCUT2D eigenvalue weighted by Gasteiger charge is 2.39. The summed E-state index contributed by atoms with van der Waals surface area (Å²) in [6.07, 6.45) is -0.468. The molecule has 0 aliphatic carbocycles. The molecule has 1 aliphatic heterocycles. The first-order valence-electron chi connectivity index (χ1n) is 10.2. The Kier molecular flexibility index (Phi) is 6.48. The van der Waals surface area contributed by atoms with Gasteiger partial charge in [-0.15, -0.1) is 0 Å². The Hall–Kier alpha value is -3.38. The zero-order chi connectivity index (χ0) is 21.6. The van der Waals surface area contributed by atoms with Gasteiger partial charge < -0.3 is 19.9 Å². The van der Waals surface area contributed by atoms with Crippen molar-refractivity contribution < 1.29 is 23.8 Å². The number of hydrogen-bond acceptors (Lipinski definition) is 5. The number of esters is 1. The molecular weight excluding hydrogens is 397 g/mol. The van der Waals surface area contributed by atoms with Gasteiger partial charge in [-0.1, -0.05) is 42.5 Å². The third-order valence-electron chi connectivity index (χ3n) is 5.36. The van der Waals surface area contributed by atoms with E-state index in [1.165, 1.54) is 12.1 Å². The predicted molar refractivity (Wildman–Crippen MR) is 115 cm³/mol. The van der Waals surface area contributed by atoms with Crippen molar-refractivity contribution in [3.05, 3.63) is 95.8 Å². The maximum atomic E-state index is 13.3. The zero-order valence-electron chi connectivity index (χ0n) is 16.9. The van der Waals surface area contributed by atoms with Gasteiger partial charge in [-0.05, 0) is 47.5 Å². The number of aliphatic hydroxyl groups excluding tert-OH is 1. The van der Waals surface area contributed by atoms with Gasteiger partial charge in [0.2, 0.25) is 0 Å². The minimum Gasteiger partial charge on any atom is -0.489 e. The van der Waals surface area contributed by atoms with Gasteiger partial charge in [0.15, 0.2) is 0 Å². The van der Waals surface area contributed by atoms with Crippen LogP contribution >= 0.6 is 0 Å². The third-order valence-corrected chi connectivity index (χ3v) is 5.36. The van der Waals surface area contributed by atoms with Crippen molar-refractivity contribution in [1.82, 2.24) is 0 Å². The van der Waals surface area contributed by atoms with Crippen LogP contribution in [0.4, 0.5) is 10.1 Å². The van der Waals surface area contributed by atoms with Gasteiger partial charge in [0.25, 0.3) is 0 Å². The quantitative estimate of drug-likeness (QED) is 0.551. The highest BCUT2D eigenvalue weighted by Crippen LogP contribution is 2.34. The standard InChI is InChI=1S/C25H24FNO4/c26-19-8-10-20(11-9-19)27-24(23-22(28)14-15-30-25(23)29)18-6-12-21(13-7-18)31-16-17-4-2-1-3-5-17/h1-13,22-24,27-28H,14-16H2. The van der Waals surface area contributed by atoms with Crippen LogP contribution in [0.1, 0.15) is 23.6 Å². The number of ether oxygens (including phenoxy) is 2. The Bertz CT molecular complexity index is 992. The topological polar surface area (TPSA) is 67.8 Å². The number of hydrogen-bond donors (Lipinski definition) is 2. The second-order valence-electron chi connectivity index (χ2n) is 7.52. The minimum atomic E-state index is -0.840. The summed E-state index contributed by atoms with van der Waals surface area (Å²) in [5.41, 5.74) is 2.50. The van der Waals surface area contributed by atoms with Crippen LogP contribution < -0.4 is 10.1 Å². The molecule has 0 spiro atoms. The fourth-order valence-electron chi connectivity index (χ4n) is 3.69. The fraction of sp³-hybridized carbons (Fsp3) is 0.240. The summed E-state index contributed by atoms with van der Waals surface area (Å²) in [4.78, 5) is 12.5. The van der Waals surface area contributed by atoms with Gasteiger partial charge in [-0.25, -0.2) is 4.39 Å². The maximum absolute atomic E-state index is 13.3. The maximum Gasteiger partial charge on any atom is 0.314 e. The summed E-state index contributed by atoms with van der Waals surface area (Å²) in [7, 11) is 0. The molecule has 0 amide bonds. The molecule has 1 fully saturated rings. The SMILES string of the molecule is O=C1OCCC(O)C1C(Nc1ccc(F)cc1)c1ccc(OCc2ccccc2)cc1. The van der Waals surface area contributed by atoms with Crippen molar-refractivity contribution in [1.29, 1.82) is 0 Å². The largest absolute Gasteiger partial charge is 0.489 e. The van der Waals surface area contributed by atoms with Crippen molar-refractivity contribution in [2.75, 3.05) is 11.9 Å². The summed E-state index contributed by atoms with van der Waals surface area (Å²) in [6.45, 7) is 0.650. The van der Waals surface area contributed by atoms with E-state index in [0.717, 1.165) is 11.1 Å². The van der Waals surface area contributed by atoms with E-state index in [-0.39, 0.29) is 12.4 Å². The molecular formula is C25H24FNO4. The van der Waals surface area contributed by atoms with E-state index < -0.39 is 24.0 Å². The number of anilines is 1. The third kappa shape index (κ3) is 5.22. The lowest BCUT2D eigenvalue weighted by atomic mass is 9.85. The normalized spacial score (nSPS) is 19.4. The lowest BCUT2D eigenvalue weighted by molar-refractivity contribution is -0.161. The van der Waals surface area contributed by atoms with Gasteiger partial charge >= 0.3 is 5.97 Å². The molecule has 160 valence electrons. The van der Waals surface area contributed by atoms with Crippen LogP contribution in [0, 0.1) is 11.7 Å². The van der Waals surface area contributed by atoms with Crippen molar-refractivity contribution in [2.45, 2.75) is 25.2 Å². The van der Waals surface area contributed by atoms with E-state index in [9.17, 15) is 14.3 Å². The average Bonchev–Trinajstić information content (AvgIpc) is 2.79. The molecule has 1 heterocycles. The molecule has 3 unspecified atom stereocenters. The number of aliphatic hydroxyl groups is 1. The number of rotatable bonds is 7. The number of carbonyl (C=O) groups is 1. The molecule has 1 saturated heterocycles. The first-order chi connectivity index (χ1) is 15.1. The first kappa shape index (κ1) is 20.9. The molecule has 3 aromatic carbocycles. The van der Waals surface area contributed by atoms with Gasteiger partial charge in [0.05, 0.1) is 18.8 Å². The molecule has 6 heteroatoms. The van der Waals surface area contributed by atoms with Crippen molar-refractivity contribution >= 4 is 11.7 Å². The Labute approximate surface area is 180 Å². The average molecular weight is 421 g/mol. The van der Waals surface area contributed by atoms with Gasteiger partial charge in [0.1, 0.15) is 24.1 Å². The van der Waals surface area contributed by atoms with Crippen LogP contribution in [0.15, 0.2) is 78.9 Å². The number of cyclic esters (lactones) is 1. The number of nitrogens with one attached hydrogen (secondary N) is 1. The summed E-state index contributed by atoms with van der Waals surface area (Å²) >= 11 is 0. The van der Waals surface area contributed by atoms with Gasteiger partial charge in [-0.2, -0.15) is 0 Å². The van der Waals surface area contributed by atoms with Crippen LogP contribution in [0.2, 0.25) is 0 Å². The van der Waals surface area contributed by atoms with Gasteiger partial charge in [0, 0.05) is 12.1 Å². The Morgan fingerprint density at radius 1 is 1.03 bits per heavy atom. The van der Waals surface area contributed by atoms with E-state index in [1.807, 2.05) is 54.6 Å². The van der Waals surface area contributed by atoms with Crippen molar-refractivity contribution in [3.8, 4) is 5.75 Å². The molecule has 0 bridgehead atoms. The molecule has 0 saturated carbocycles. The molecule has 31 heavy (non-hydrogen) atoms. The lowest BCUT2D eigenvalue weighted by Gasteiger charge is -2.34. The first-order valence-corrected chi connectivity index (χ1v) is 10.2. The smallest absolute Gasteiger partial charge is 0.314 e. The van der Waals surface area contributed by atoms with Crippen LogP contribution in [-0.2, 0) is 16.1 Å². The second kappa shape index (κ2) is 9.62. The van der Waals surface area contributed by atoms with E-state index in [4.69, 9.17) is 9.47 Å². The molecule has 2 N–H and O–H groups in total. The number of benzene rings is 3. The molecule has 3 atom stereocenters. The molecule has 1 aliphatic rings. The summed E-state index contributed by atoms with van der Waals surface area (Å²) in [6, 6.07) is 22.6. The Balaban J connectivity index is 1.55. The van der Waals surface area contributed by atoms with Crippen molar-refractivity contribution in [3.63, 3.8) is 0 Å². The van der Waals surface area contributed by atoms with E-state index >= 15 is 0 Å². The summed E-state index contributed by atoms with van der Waals surface area (Å²) in [5.74, 6) is -0.892. The zero-order valence-corrected chi connectivity index (χ0v) is 16.9. The molecule has 4 rings (SSSR count). The monoisotopic (exact) mass is 421 g/mol. The highest BCUT2D eigenvalue weighted by molar-refractivity contribution is 5.76. The summed E-state index contributed by atoms with van der Waals surface area (Å²) in [5, 5.41) is 13.8. The van der Waals surface area contributed by atoms with Crippen molar-refractivity contribution in [2.24, 2.45) is 5.92 Å². The molecule has 3 aromatic rings. The number of halogens is 1. The molecule has 0 radical (unpaired) electrons. The molecule has 0 aromatic heterocycles. The van der Waals surface area contributed by atoms with E-state index in [2.05, 4.69) is 5.32 Å². The Morgan fingerprint density at radius 3 is 2.42 bits per heavy atom. The highest BCUT2D eigenvalue weighted by atomic mass is 19.1. The predicted octanol–water partition coefficient (Wildman–Crippen LogP) is 4.48. The van der Waals surface area contributed by atoms with Crippen LogP contribution in [0.5, 0.6) is 5.75 Å². The summed E-state index contributed by atoms with van der Waals surface area (Å²) < 4.78 is 24.4.